The number of benzene rings is 2. The fourth-order valence-corrected chi connectivity index (χ4v) is 3.40. The zero-order valence-electron chi connectivity index (χ0n) is 18.6. The van der Waals surface area contributed by atoms with E-state index >= 15 is 0 Å². The van der Waals surface area contributed by atoms with E-state index in [0.717, 1.165) is 12.0 Å². The van der Waals surface area contributed by atoms with Gasteiger partial charge in [0.1, 0.15) is 17.5 Å². The van der Waals surface area contributed by atoms with Gasteiger partial charge in [-0.3, -0.25) is 19.3 Å². The number of methoxy groups -OCH3 is 1. The van der Waals surface area contributed by atoms with E-state index in [9.17, 15) is 14.4 Å². The van der Waals surface area contributed by atoms with Crippen LogP contribution in [0.15, 0.2) is 42.5 Å². The average molecular weight is 440 g/mol. The normalized spacial score (nSPS) is 13.7. The molecule has 0 unspecified atom stereocenters. The van der Waals surface area contributed by atoms with Gasteiger partial charge in [0.25, 0.3) is 5.91 Å². The number of rotatable bonds is 10. The number of ketones is 1. The summed E-state index contributed by atoms with van der Waals surface area (Å²) in [7, 11) is 1.54. The molecule has 1 aliphatic rings. The standard InChI is InChI=1S/C24H28N2O6/c1-4-17-6-5-7-19(12-17)31-14-21(27)18-8-9-22-20(13-18)26(23(28)15-32-22)16(2)24(29)25-10-11-30-3/h5-9,12-13,16H,4,10-11,14-15H2,1-3H3,(H,25,29)/t16-/m1/s1. The topological polar surface area (TPSA) is 94.2 Å². The van der Waals surface area contributed by atoms with Gasteiger partial charge in [0.05, 0.1) is 12.3 Å². The van der Waals surface area contributed by atoms with E-state index in [-0.39, 0.29) is 30.8 Å². The predicted octanol–water partition coefficient (Wildman–Crippen LogP) is 2.39. The molecule has 8 nitrogen and oxygen atoms in total. The lowest BCUT2D eigenvalue weighted by Crippen LogP contribution is -2.51. The molecule has 32 heavy (non-hydrogen) atoms. The highest BCUT2D eigenvalue weighted by Crippen LogP contribution is 2.34. The van der Waals surface area contributed by atoms with Crippen LogP contribution in [0, 0.1) is 0 Å². The third kappa shape index (κ3) is 5.45. The van der Waals surface area contributed by atoms with Gasteiger partial charge < -0.3 is 19.5 Å². The summed E-state index contributed by atoms with van der Waals surface area (Å²) >= 11 is 0. The summed E-state index contributed by atoms with van der Waals surface area (Å²) in [4.78, 5) is 39.2. The quantitative estimate of drug-likeness (QED) is 0.450. The van der Waals surface area contributed by atoms with E-state index in [1.54, 1.807) is 38.3 Å². The zero-order valence-corrected chi connectivity index (χ0v) is 18.6. The largest absolute Gasteiger partial charge is 0.485 e. The second-order valence-corrected chi connectivity index (χ2v) is 7.41. The van der Waals surface area contributed by atoms with Crippen LogP contribution in [0.1, 0.15) is 29.8 Å². The summed E-state index contributed by atoms with van der Waals surface area (Å²) in [6.07, 6.45) is 0.872. The number of Topliss-reactive ketones (excluding diaryl/α,β-unsaturated/α-hetero) is 1. The van der Waals surface area contributed by atoms with Crippen molar-refractivity contribution in [3.8, 4) is 11.5 Å². The molecule has 8 heteroatoms. The molecule has 0 aliphatic carbocycles. The molecule has 1 aliphatic heterocycles. The second kappa shape index (κ2) is 10.8. The Morgan fingerprint density at radius 1 is 1.22 bits per heavy atom. The van der Waals surface area contributed by atoms with E-state index in [1.165, 1.54) is 4.90 Å². The fourth-order valence-electron chi connectivity index (χ4n) is 3.40. The molecule has 0 spiro atoms. The molecule has 1 heterocycles. The SMILES string of the molecule is CCc1cccc(OCC(=O)c2ccc3c(c2)N([C@H](C)C(=O)NCCOC)C(=O)CO3)c1. The number of ether oxygens (including phenoxy) is 3. The number of hydrogen-bond acceptors (Lipinski definition) is 6. The smallest absolute Gasteiger partial charge is 0.265 e. The summed E-state index contributed by atoms with van der Waals surface area (Å²) < 4.78 is 16.1. The molecule has 1 N–H and O–H groups in total. The Labute approximate surface area is 187 Å². The molecule has 2 aromatic carbocycles. The lowest BCUT2D eigenvalue weighted by atomic mass is 10.1. The van der Waals surface area contributed by atoms with E-state index in [1.807, 2.05) is 25.1 Å². The number of hydrogen-bond donors (Lipinski definition) is 1. The molecule has 2 amide bonds. The monoisotopic (exact) mass is 440 g/mol. The maximum Gasteiger partial charge on any atom is 0.265 e. The van der Waals surface area contributed by atoms with Gasteiger partial charge in [-0.15, -0.1) is 0 Å². The molecule has 0 saturated heterocycles. The maximum absolute atomic E-state index is 12.8. The summed E-state index contributed by atoms with van der Waals surface area (Å²) in [5.41, 5.74) is 1.87. The van der Waals surface area contributed by atoms with Gasteiger partial charge in [0.15, 0.2) is 19.0 Å². The van der Waals surface area contributed by atoms with Crippen LogP contribution in [-0.2, 0) is 20.7 Å². The Morgan fingerprint density at radius 3 is 2.78 bits per heavy atom. The Morgan fingerprint density at radius 2 is 2.03 bits per heavy atom. The number of nitrogens with one attached hydrogen (secondary N) is 1. The number of aryl methyl sites for hydroxylation is 1. The van der Waals surface area contributed by atoms with Crippen molar-refractivity contribution in [3.63, 3.8) is 0 Å². The average Bonchev–Trinajstić information content (AvgIpc) is 2.81. The highest BCUT2D eigenvalue weighted by atomic mass is 16.5. The van der Waals surface area contributed by atoms with Crippen molar-refractivity contribution in [3.05, 3.63) is 53.6 Å². The predicted molar refractivity (Wildman–Crippen MR) is 119 cm³/mol. The van der Waals surface area contributed by atoms with Crippen LogP contribution in [-0.4, -0.2) is 57.1 Å². The van der Waals surface area contributed by atoms with Crippen LogP contribution >= 0.6 is 0 Å². The molecule has 0 saturated carbocycles. The van der Waals surface area contributed by atoms with Crippen molar-refractivity contribution in [2.24, 2.45) is 0 Å². The molecule has 0 fully saturated rings. The van der Waals surface area contributed by atoms with Gasteiger partial charge >= 0.3 is 0 Å². The van der Waals surface area contributed by atoms with E-state index in [2.05, 4.69) is 5.32 Å². The Hall–Kier alpha value is -3.39. The van der Waals surface area contributed by atoms with Crippen LogP contribution < -0.4 is 19.7 Å². The minimum absolute atomic E-state index is 0.145. The highest BCUT2D eigenvalue weighted by molar-refractivity contribution is 6.05. The fraction of sp³-hybridized carbons (Fsp3) is 0.375. The molecule has 0 bridgehead atoms. The van der Waals surface area contributed by atoms with Gasteiger partial charge in [0, 0.05) is 19.2 Å². The summed E-state index contributed by atoms with van der Waals surface area (Å²) in [6.45, 7) is 4.06. The van der Waals surface area contributed by atoms with Gasteiger partial charge in [-0.2, -0.15) is 0 Å². The van der Waals surface area contributed by atoms with Gasteiger partial charge in [-0.05, 0) is 49.2 Å². The van der Waals surface area contributed by atoms with Crippen molar-refractivity contribution in [1.82, 2.24) is 5.32 Å². The van der Waals surface area contributed by atoms with Crippen molar-refractivity contribution in [1.29, 1.82) is 0 Å². The summed E-state index contributed by atoms with van der Waals surface area (Å²) in [6, 6.07) is 11.6. The van der Waals surface area contributed by atoms with Gasteiger partial charge in [-0.25, -0.2) is 0 Å². The van der Waals surface area contributed by atoms with E-state index < -0.39 is 6.04 Å². The zero-order chi connectivity index (χ0) is 23.1. The molecule has 170 valence electrons. The number of carbonyl (C=O) groups excluding carboxylic acids is 3. The maximum atomic E-state index is 12.8. The molecule has 1 atom stereocenters. The first kappa shape index (κ1) is 23.3. The molecule has 0 aromatic heterocycles. The molecule has 2 aromatic rings. The van der Waals surface area contributed by atoms with Crippen molar-refractivity contribution >= 4 is 23.3 Å². The number of amides is 2. The van der Waals surface area contributed by atoms with E-state index in [4.69, 9.17) is 14.2 Å². The van der Waals surface area contributed by atoms with Crippen LogP contribution in [0.5, 0.6) is 11.5 Å². The first-order valence-corrected chi connectivity index (χ1v) is 10.5. The highest BCUT2D eigenvalue weighted by Gasteiger charge is 2.33. The lowest BCUT2D eigenvalue weighted by Gasteiger charge is -2.33. The Bertz CT molecular complexity index is 990. The first-order chi connectivity index (χ1) is 15.4. The van der Waals surface area contributed by atoms with Crippen LogP contribution in [0.25, 0.3) is 0 Å². The molecular formula is C24H28N2O6. The number of carbonyl (C=O) groups is 3. The minimum Gasteiger partial charge on any atom is -0.485 e. The first-order valence-electron chi connectivity index (χ1n) is 10.5. The Kier molecular flexibility index (Phi) is 7.83. The molecule has 0 radical (unpaired) electrons. The number of fused-ring (bicyclic) bond motifs is 1. The Balaban J connectivity index is 1.76. The summed E-state index contributed by atoms with van der Waals surface area (Å²) in [5, 5.41) is 2.73. The summed E-state index contributed by atoms with van der Waals surface area (Å²) in [5.74, 6) is 0.138. The van der Waals surface area contributed by atoms with Crippen LogP contribution in [0.3, 0.4) is 0 Å². The molecule has 3 rings (SSSR count). The van der Waals surface area contributed by atoms with Gasteiger partial charge in [0.2, 0.25) is 5.91 Å². The van der Waals surface area contributed by atoms with Crippen molar-refractivity contribution in [2.45, 2.75) is 26.3 Å². The lowest BCUT2D eigenvalue weighted by molar-refractivity contribution is -0.127. The van der Waals surface area contributed by atoms with E-state index in [0.29, 0.717) is 35.9 Å². The number of nitrogens with zero attached hydrogens (tertiary/aromatic N) is 1. The third-order valence-corrected chi connectivity index (χ3v) is 5.21. The number of anilines is 1. The second-order valence-electron chi connectivity index (χ2n) is 7.41. The van der Waals surface area contributed by atoms with Crippen LogP contribution in [0.4, 0.5) is 5.69 Å². The van der Waals surface area contributed by atoms with Crippen molar-refractivity contribution in [2.75, 3.05) is 38.4 Å². The third-order valence-electron chi connectivity index (χ3n) is 5.21. The van der Waals surface area contributed by atoms with Crippen molar-refractivity contribution < 1.29 is 28.6 Å². The van der Waals surface area contributed by atoms with Gasteiger partial charge in [-0.1, -0.05) is 19.1 Å². The minimum atomic E-state index is -0.777. The molecular weight excluding hydrogens is 412 g/mol. The van der Waals surface area contributed by atoms with Crippen LogP contribution in [0.2, 0.25) is 0 Å².